The number of carbonyl (C=O) groups is 1. The van der Waals surface area contributed by atoms with Crippen molar-refractivity contribution in [3.63, 3.8) is 0 Å². The first-order valence-electron chi connectivity index (χ1n) is 5.30. The standard InChI is InChI=1S/C12H16ClFN2O/c1-8(12(17)16(2)3)15-7-9-4-5-10(13)11(14)6-9/h4-6,8,15H,7H2,1-3H3. The summed E-state index contributed by atoms with van der Waals surface area (Å²) in [6.45, 7) is 2.20. The molecule has 1 amide bonds. The fraction of sp³-hybridized carbons (Fsp3) is 0.417. The third kappa shape index (κ3) is 3.98. The molecule has 1 aromatic rings. The van der Waals surface area contributed by atoms with Gasteiger partial charge in [0.25, 0.3) is 0 Å². The van der Waals surface area contributed by atoms with E-state index in [1.165, 1.54) is 17.0 Å². The van der Waals surface area contributed by atoms with E-state index >= 15 is 0 Å². The summed E-state index contributed by atoms with van der Waals surface area (Å²) in [5, 5.41) is 3.13. The van der Waals surface area contributed by atoms with E-state index in [9.17, 15) is 9.18 Å². The summed E-state index contributed by atoms with van der Waals surface area (Å²) >= 11 is 5.58. The molecule has 94 valence electrons. The summed E-state index contributed by atoms with van der Waals surface area (Å²) in [6, 6.07) is 4.29. The largest absolute Gasteiger partial charge is 0.347 e. The summed E-state index contributed by atoms with van der Waals surface area (Å²) in [4.78, 5) is 13.1. The highest BCUT2D eigenvalue weighted by Gasteiger charge is 2.13. The second-order valence-corrected chi connectivity index (χ2v) is 4.49. The number of benzene rings is 1. The molecule has 0 aliphatic carbocycles. The van der Waals surface area contributed by atoms with Crippen LogP contribution in [0.25, 0.3) is 0 Å². The maximum Gasteiger partial charge on any atom is 0.238 e. The fourth-order valence-electron chi connectivity index (χ4n) is 1.40. The molecule has 1 unspecified atom stereocenters. The van der Waals surface area contributed by atoms with Crippen LogP contribution in [0.3, 0.4) is 0 Å². The van der Waals surface area contributed by atoms with Crippen LogP contribution in [0.15, 0.2) is 18.2 Å². The SMILES string of the molecule is CC(NCc1ccc(Cl)c(F)c1)C(=O)N(C)C. The third-order valence-electron chi connectivity index (χ3n) is 2.41. The van der Waals surface area contributed by atoms with Crippen molar-refractivity contribution in [2.45, 2.75) is 19.5 Å². The minimum atomic E-state index is -0.447. The average Bonchev–Trinajstić information content (AvgIpc) is 2.29. The molecule has 1 aromatic carbocycles. The van der Waals surface area contributed by atoms with Crippen LogP contribution in [-0.2, 0) is 11.3 Å². The van der Waals surface area contributed by atoms with Crippen molar-refractivity contribution in [1.29, 1.82) is 0 Å². The Morgan fingerprint density at radius 3 is 2.71 bits per heavy atom. The van der Waals surface area contributed by atoms with E-state index in [0.29, 0.717) is 6.54 Å². The molecule has 1 rings (SSSR count). The van der Waals surface area contributed by atoms with E-state index in [2.05, 4.69) is 5.32 Å². The summed E-state index contributed by atoms with van der Waals surface area (Å²) in [5.74, 6) is -0.461. The molecular weight excluding hydrogens is 243 g/mol. The first-order valence-corrected chi connectivity index (χ1v) is 5.68. The number of hydrogen-bond acceptors (Lipinski definition) is 2. The summed E-state index contributed by atoms with van der Waals surface area (Å²) in [7, 11) is 3.39. The van der Waals surface area contributed by atoms with Gasteiger partial charge in [-0.15, -0.1) is 0 Å². The zero-order valence-electron chi connectivity index (χ0n) is 10.1. The molecule has 0 spiro atoms. The molecule has 5 heteroatoms. The van der Waals surface area contributed by atoms with Gasteiger partial charge in [-0.3, -0.25) is 4.79 Å². The number of hydrogen-bond donors (Lipinski definition) is 1. The lowest BCUT2D eigenvalue weighted by atomic mass is 10.2. The first-order chi connectivity index (χ1) is 7.91. The molecule has 0 saturated heterocycles. The van der Waals surface area contributed by atoms with Crippen LogP contribution in [0, 0.1) is 5.82 Å². The van der Waals surface area contributed by atoms with Crippen LogP contribution < -0.4 is 5.32 Å². The smallest absolute Gasteiger partial charge is 0.238 e. The van der Waals surface area contributed by atoms with E-state index in [0.717, 1.165) is 5.56 Å². The molecule has 1 N–H and O–H groups in total. The molecule has 0 aliphatic heterocycles. The molecule has 1 atom stereocenters. The minimum absolute atomic E-state index is 0.0144. The van der Waals surface area contributed by atoms with E-state index in [-0.39, 0.29) is 17.0 Å². The van der Waals surface area contributed by atoms with Crippen molar-refractivity contribution >= 4 is 17.5 Å². The van der Waals surface area contributed by atoms with Crippen molar-refractivity contribution in [2.75, 3.05) is 14.1 Å². The highest BCUT2D eigenvalue weighted by molar-refractivity contribution is 6.30. The Labute approximate surface area is 106 Å². The molecule has 0 radical (unpaired) electrons. The van der Waals surface area contributed by atoms with Crippen molar-refractivity contribution < 1.29 is 9.18 Å². The number of likely N-dealkylation sites (N-methyl/N-ethyl adjacent to an activating group) is 1. The minimum Gasteiger partial charge on any atom is -0.347 e. The Kier molecular flexibility index (Phi) is 4.90. The Hall–Kier alpha value is -1.13. The van der Waals surface area contributed by atoms with E-state index in [1.54, 1.807) is 27.1 Å². The number of halogens is 2. The monoisotopic (exact) mass is 258 g/mol. The molecule has 0 aromatic heterocycles. The van der Waals surface area contributed by atoms with E-state index in [4.69, 9.17) is 11.6 Å². The third-order valence-corrected chi connectivity index (χ3v) is 2.71. The Morgan fingerprint density at radius 2 is 2.18 bits per heavy atom. The zero-order valence-corrected chi connectivity index (χ0v) is 10.9. The van der Waals surface area contributed by atoms with Crippen LogP contribution in [-0.4, -0.2) is 30.9 Å². The van der Waals surface area contributed by atoms with Gasteiger partial charge in [0, 0.05) is 20.6 Å². The van der Waals surface area contributed by atoms with Gasteiger partial charge >= 0.3 is 0 Å². The molecule has 0 heterocycles. The lowest BCUT2D eigenvalue weighted by Crippen LogP contribution is -2.41. The Balaban J connectivity index is 2.56. The number of amides is 1. The van der Waals surface area contributed by atoms with Gasteiger partial charge in [0.2, 0.25) is 5.91 Å². The van der Waals surface area contributed by atoms with Crippen LogP contribution >= 0.6 is 11.6 Å². The summed E-state index contributed by atoms with van der Waals surface area (Å²) in [6.07, 6.45) is 0. The molecule has 17 heavy (non-hydrogen) atoms. The normalized spacial score (nSPS) is 12.3. The van der Waals surface area contributed by atoms with E-state index in [1.807, 2.05) is 0 Å². The second-order valence-electron chi connectivity index (χ2n) is 4.08. The highest BCUT2D eigenvalue weighted by Crippen LogP contribution is 2.15. The molecule has 0 fully saturated rings. The van der Waals surface area contributed by atoms with Gasteiger partial charge in [0.05, 0.1) is 11.1 Å². The Morgan fingerprint density at radius 1 is 1.53 bits per heavy atom. The van der Waals surface area contributed by atoms with Gasteiger partial charge in [0.1, 0.15) is 5.82 Å². The molecule has 0 aliphatic rings. The van der Waals surface area contributed by atoms with E-state index < -0.39 is 5.82 Å². The average molecular weight is 259 g/mol. The number of nitrogens with zero attached hydrogens (tertiary/aromatic N) is 1. The maximum atomic E-state index is 13.2. The molecule has 0 saturated carbocycles. The molecular formula is C12H16ClFN2O. The van der Waals surface area contributed by atoms with Crippen LogP contribution in [0.4, 0.5) is 4.39 Å². The van der Waals surface area contributed by atoms with Crippen LogP contribution in [0.1, 0.15) is 12.5 Å². The fourth-order valence-corrected chi connectivity index (χ4v) is 1.51. The lowest BCUT2D eigenvalue weighted by Gasteiger charge is -2.18. The van der Waals surface area contributed by atoms with Crippen molar-refractivity contribution in [3.05, 3.63) is 34.6 Å². The molecule has 0 bridgehead atoms. The van der Waals surface area contributed by atoms with Crippen molar-refractivity contribution in [2.24, 2.45) is 0 Å². The number of rotatable bonds is 4. The van der Waals surface area contributed by atoms with Crippen LogP contribution in [0.5, 0.6) is 0 Å². The van der Waals surface area contributed by atoms with Crippen LogP contribution in [0.2, 0.25) is 5.02 Å². The lowest BCUT2D eigenvalue weighted by molar-refractivity contribution is -0.130. The van der Waals surface area contributed by atoms with Gasteiger partial charge in [-0.1, -0.05) is 17.7 Å². The topological polar surface area (TPSA) is 32.3 Å². The second kappa shape index (κ2) is 5.98. The number of carbonyl (C=O) groups excluding carboxylic acids is 1. The van der Waals surface area contributed by atoms with Gasteiger partial charge in [-0.05, 0) is 24.6 Å². The highest BCUT2D eigenvalue weighted by atomic mass is 35.5. The predicted octanol–water partition coefficient (Wildman–Crippen LogP) is 2.05. The quantitative estimate of drug-likeness (QED) is 0.897. The summed E-state index contributed by atoms with van der Waals surface area (Å²) in [5.41, 5.74) is 0.755. The van der Waals surface area contributed by atoms with Crippen molar-refractivity contribution in [1.82, 2.24) is 10.2 Å². The first kappa shape index (κ1) is 13.9. The maximum absolute atomic E-state index is 13.2. The van der Waals surface area contributed by atoms with Gasteiger partial charge < -0.3 is 10.2 Å². The van der Waals surface area contributed by atoms with Gasteiger partial charge in [-0.25, -0.2) is 4.39 Å². The predicted molar refractivity (Wildman–Crippen MR) is 66.4 cm³/mol. The number of nitrogens with one attached hydrogen (secondary N) is 1. The molecule has 3 nitrogen and oxygen atoms in total. The zero-order chi connectivity index (χ0) is 13.0. The van der Waals surface area contributed by atoms with Crippen molar-refractivity contribution in [3.8, 4) is 0 Å². The van der Waals surface area contributed by atoms with Gasteiger partial charge in [-0.2, -0.15) is 0 Å². The Bertz CT molecular complexity index is 409. The summed E-state index contributed by atoms with van der Waals surface area (Å²) < 4.78 is 13.2. The van der Waals surface area contributed by atoms with Gasteiger partial charge in [0.15, 0.2) is 0 Å².